The summed E-state index contributed by atoms with van der Waals surface area (Å²) in [6.45, 7) is 2.91. The Morgan fingerprint density at radius 3 is 2.58 bits per heavy atom. The molecule has 0 fully saturated rings. The second kappa shape index (κ2) is 6.56. The van der Waals surface area contributed by atoms with Gasteiger partial charge in [-0.25, -0.2) is 13.1 Å². The van der Waals surface area contributed by atoms with Gasteiger partial charge in [0.2, 0.25) is 10.0 Å². The monoisotopic (exact) mass is 305 g/mol. The van der Waals surface area contributed by atoms with Crippen molar-refractivity contribution in [2.75, 3.05) is 32.9 Å². The summed E-state index contributed by atoms with van der Waals surface area (Å²) >= 11 is 5.85. The van der Waals surface area contributed by atoms with Crippen molar-refractivity contribution in [2.24, 2.45) is 0 Å². The Morgan fingerprint density at radius 2 is 2.00 bits per heavy atom. The Bertz CT molecular complexity index is 544. The third-order valence-electron chi connectivity index (χ3n) is 2.66. The largest absolute Gasteiger partial charge is 0.397 e. The fourth-order valence-electron chi connectivity index (χ4n) is 1.64. The van der Waals surface area contributed by atoms with E-state index < -0.39 is 10.0 Å². The van der Waals surface area contributed by atoms with E-state index in [1.54, 1.807) is 13.0 Å². The highest BCUT2D eigenvalue weighted by atomic mass is 35.5. The van der Waals surface area contributed by atoms with Gasteiger partial charge in [0.05, 0.1) is 15.6 Å². The third kappa shape index (κ3) is 4.65. The first-order valence-electron chi connectivity index (χ1n) is 5.94. The van der Waals surface area contributed by atoms with E-state index in [2.05, 4.69) is 4.72 Å². The van der Waals surface area contributed by atoms with E-state index in [4.69, 9.17) is 17.3 Å². The Labute approximate surface area is 119 Å². The van der Waals surface area contributed by atoms with Gasteiger partial charge in [-0.3, -0.25) is 0 Å². The summed E-state index contributed by atoms with van der Waals surface area (Å²) in [5.74, 6) is 0. The number of halogens is 1. The molecule has 0 aliphatic rings. The van der Waals surface area contributed by atoms with Gasteiger partial charge in [0.1, 0.15) is 0 Å². The molecule has 1 rings (SSSR count). The molecule has 0 heterocycles. The van der Waals surface area contributed by atoms with E-state index in [1.807, 2.05) is 19.0 Å². The zero-order valence-electron chi connectivity index (χ0n) is 11.4. The van der Waals surface area contributed by atoms with Crippen LogP contribution in [0.5, 0.6) is 0 Å². The standard InChI is InChI=1S/C12H20ClN3O2S/c1-9-7-10(13)11(14)8-12(9)19(17,18)15-5-4-6-16(2)3/h7-8,15H,4-6,14H2,1-3H3. The molecule has 0 amide bonds. The quantitative estimate of drug-likeness (QED) is 0.616. The first-order chi connectivity index (χ1) is 8.74. The summed E-state index contributed by atoms with van der Waals surface area (Å²) in [5, 5.41) is 0.365. The van der Waals surface area contributed by atoms with Crippen LogP contribution in [0.2, 0.25) is 5.02 Å². The van der Waals surface area contributed by atoms with Crippen molar-refractivity contribution in [1.29, 1.82) is 0 Å². The number of nitrogen functional groups attached to an aromatic ring is 1. The van der Waals surface area contributed by atoms with Gasteiger partial charge in [0, 0.05) is 6.54 Å². The topological polar surface area (TPSA) is 75.4 Å². The van der Waals surface area contributed by atoms with Crippen LogP contribution < -0.4 is 10.5 Å². The first-order valence-corrected chi connectivity index (χ1v) is 7.80. The molecule has 5 nitrogen and oxygen atoms in total. The summed E-state index contributed by atoms with van der Waals surface area (Å²) in [6.07, 6.45) is 0.744. The van der Waals surface area contributed by atoms with Crippen molar-refractivity contribution in [2.45, 2.75) is 18.2 Å². The molecule has 0 aliphatic carbocycles. The van der Waals surface area contributed by atoms with Gasteiger partial charge in [-0.15, -0.1) is 0 Å². The Balaban J connectivity index is 2.80. The molecule has 0 bridgehead atoms. The maximum atomic E-state index is 12.1. The zero-order chi connectivity index (χ0) is 14.6. The first kappa shape index (κ1) is 16.2. The van der Waals surface area contributed by atoms with Crippen LogP contribution in [0.4, 0.5) is 5.69 Å². The van der Waals surface area contributed by atoms with Crippen molar-refractivity contribution in [3.8, 4) is 0 Å². The Morgan fingerprint density at radius 1 is 1.37 bits per heavy atom. The van der Waals surface area contributed by atoms with Crippen LogP contribution in [0.25, 0.3) is 0 Å². The molecule has 0 radical (unpaired) electrons. The Kier molecular flexibility index (Phi) is 5.61. The molecule has 0 saturated carbocycles. The van der Waals surface area contributed by atoms with Gasteiger partial charge in [-0.05, 0) is 51.7 Å². The summed E-state index contributed by atoms with van der Waals surface area (Å²) in [4.78, 5) is 2.18. The number of nitrogens with zero attached hydrogens (tertiary/aromatic N) is 1. The third-order valence-corrected chi connectivity index (χ3v) is 4.59. The van der Waals surface area contributed by atoms with Gasteiger partial charge in [-0.1, -0.05) is 11.6 Å². The summed E-state index contributed by atoms with van der Waals surface area (Å²) in [7, 11) is 0.351. The maximum absolute atomic E-state index is 12.1. The lowest BCUT2D eigenvalue weighted by Crippen LogP contribution is -2.28. The highest BCUT2D eigenvalue weighted by Gasteiger charge is 2.17. The van der Waals surface area contributed by atoms with Crippen molar-refractivity contribution in [1.82, 2.24) is 9.62 Å². The number of benzene rings is 1. The van der Waals surface area contributed by atoms with Crippen LogP contribution in [0.15, 0.2) is 17.0 Å². The number of anilines is 1. The number of hydrogen-bond donors (Lipinski definition) is 2. The maximum Gasteiger partial charge on any atom is 0.240 e. The van der Waals surface area contributed by atoms with Crippen LogP contribution in [-0.2, 0) is 10.0 Å². The summed E-state index contributed by atoms with van der Waals surface area (Å²) in [5.41, 5.74) is 6.50. The van der Waals surface area contributed by atoms with Gasteiger partial charge in [0.15, 0.2) is 0 Å². The van der Waals surface area contributed by atoms with Crippen molar-refractivity contribution >= 4 is 27.3 Å². The van der Waals surface area contributed by atoms with Crippen LogP contribution in [0.1, 0.15) is 12.0 Å². The smallest absolute Gasteiger partial charge is 0.240 e. The normalized spacial score (nSPS) is 12.1. The molecule has 0 spiro atoms. The molecule has 108 valence electrons. The second-order valence-corrected chi connectivity index (χ2v) is 6.84. The lowest BCUT2D eigenvalue weighted by Gasteiger charge is -2.12. The zero-order valence-corrected chi connectivity index (χ0v) is 13.0. The molecule has 1 aromatic rings. The number of hydrogen-bond acceptors (Lipinski definition) is 4. The van der Waals surface area contributed by atoms with Crippen molar-refractivity contribution in [3.05, 3.63) is 22.7 Å². The molecular formula is C12H20ClN3O2S. The molecule has 19 heavy (non-hydrogen) atoms. The number of sulfonamides is 1. The van der Waals surface area contributed by atoms with E-state index in [-0.39, 0.29) is 10.6 Å². The van der Waals surface area contributed by atoms with Crippen molar-refractivity contribution in [3.63, 3.8) is 0 Å². The predicted molar refractivity (Wildman–Crippen MR) is 79.0 cm³/mol. The van der Waals surface area contributed by atoms with Gasteiger partial charge >= 0.3 is 0 Å². The lowest BCUT2D eigenvalue weighted by atomic mass is 10.2. The van der Waals surface area contributed by atoms with Gasteiger partial charge < -0.3 is 10.6 Å². The molecule has 0 saturated heterocycles. The van der Waals surface area contributed by atoms with Gasteiger partial charge in [-0.2, -0.15) is 0 Å². The minimum atomic E-state index is -3.54. The molecule has 0 aliphatic heterocycles. The van der Waals surface area contributed by atoms with E-state index in [1.165, 1.54) is 6.07 Å². The highest BCUT2D eigenvalue weighted by Crippen LogP contribution is 2.25. The van der Waals surface area contributed by atoms with Crippen molar-refractivity contribution < 1.29 is 8.42 Å². The number of nitrogens with one attached hydrogen (secondary N) is 1. The van der Waals surface area contributed by atoms with Crippen LogP contribution >= 0.6 is 11.6 Å². The summed E-state index contributed by atoms with van der Waals surface area (Å²) < 4.78 is 26.8. The fraction of sp³-hybridized carbons (Fsp3) is 0.500. The highest BCUT2D eigenvalue weighted by molar-refractivity contribution is 7.89. The van der Waals surface area contributed by atoms with E-state index in [0.717, 1.165) is 13.0 Å². The van der Waals surface area contributed by atoms with Crippen LogP contribution in [0, 0.1) is 6.92 Å². The second-order valence-electron chi connectivity index (χ2n) is 4.69. The number of aryl methyl sites for hydroxylation is 1. The average Bonchev–Trinajstić information content (AvgIpc) is 2.29. The number of rotatable bonds is 6. The molecular weight excluding hydrogens is 286 g/mol. The molecule has 1 aromatic carbocycles. The Hall–Kier alpha value is -0.820. The molecule has 3 N–H and O–H groups in total. The number of nitrogens with two attached hydrogens (primary N) is 1. The molecule has 0 atom stereocenters. The average molecular weight is 306 g/mol. The molecule has 7 heteroatoms. The van der Waals surface area contributed by atoms with E-state index in [9.17, 15) is 8.42 Å². The van der Waals surface area contributed by atoms with E-state index in [0.29, 0.717) is 17.1 Å². The fourth-order valence-corrected chi connectivity index (χ4v) is 3.19. The SMILES string of the molecule is Cc1cc(Cl)c(N)cc1S(=O)(=O)NCCCN(C)C. The summed E-state index contributed by atoms with van der Waals surface area (Å²) in [6, 6.07) is 2.96. The minimum absolute atomic E-state index is 0.180. The lowest BCUT2D eigenvalue weighted by molar-refractivity contribution is 0.400. The van der Waals surface area contributed by atoms with Crippen LogP contribution in [0.3, 0.4) is 0 Å². The minimum Gasteiger partial charge on any atom is -0.397 e. The van der Waals surface area contributed by atoms with E-state index >= 15 is 0 Å². The van der Waals surface area contributed by atoms with Crippen LogP contribution in [-0.4, -0.2) is 40.5 Å². The molecule has 0 aromatic heterocycles. The predicted octanol–water partition coefficient (Wildman–Crippen LogP) is 1.46. The van der Waals surface area contributed by atoms with Gasteiger partial charge in [0.25, 0.3) is 0 Å². The molecule has 0 unspecified atom stereocenters.